The third-order valence-corrected chi connectivity index (χ3v) is 13.8. The highest BCUT2D eigenvalue weighted by Crippen LogP contribution is 2.71. The zero-order valence-electron chi connectivity index (χ0n) is 25.1. The van der Waals surface area contributed by atoms with Gasteiger partial charge in [-0.05, 0) is 98.2 Å². The van der Waals surface area contributed by atoms with Crippen LogP contribution in [0.25, 0.3) is 0 Å². The summed E-state index contributed by atoms with van der Waals surface area (Å²) in [6, 6.07) is 0. The molecule has 1 unspecified atom stereocenters. The van der Waals surface area contributed by atoms with Crippen molar-refractivity contribution in [2.45, 2.75) is 134 Å². The minimum atomic E-state index is -1.40. The molecule has 0 bridgehead atoms. The van der Waals surface area contributed by atoms with E-state index in [2.05, 4.69) is 27.4 Å². The molecule has 8 heteroatoms. The van der Waals surface area contributed by atoms with Crippen LogP contribution in [0.15, 0.2) is 12.2 Å². The molecule has 7 rings (SSSR count). The maximum atomic E-state index is 10.5. The van der Waals surface area contributed by atoms with Crippen LogP contribution in [-0.2, 0) is 18.9 Å². The minimum Gasteiger partial charge on any atom is -0.394 e. The Balaban J connectivity index is 1.03. The highest BCUT2D eigenvalue weighted by molar-refractivity contribution is 5.16. The van der Waals surface area contributed by atoms with Crippen molar-refractivity contribution in [3.63, 3.8) is 0 Å². The number of hydrogen-bond acceptors (Lipinski definition) is 8. The van der Waals surface area contributed by atoms with E-state index in [4.69, 9.17) is 18.9 Å². The molecular weight excluding hydrogens is 524 g/mol. The largest absolute Gasteiger partial charge is 0.394 e. The molecular formula is C33H52O8. The van der Waals surface area contributed by atoms with Crippen LogP contribution < -0.4 is 0 Å². The van der Waals surface area contributed by atoms with E-state index in [1.807, 2.05) is 0 Å². The Morgan fingerprint density at radius 3 is 2.44 bits per heavy atom. The first kappa shape index (κ1) is 29.1. The Kier molecular flexibility index (Phi) is 7.27. The summed E-state index contributed by atoms with van der Waals surface area (Å²) in [5.74, 6) is 3.27. The van der Waals surface area contributed by atoms with Crippen LogP contribution in [0.3, 0.4) is 0 Å². The van der Waals surface area contributed by atoms with Crippen LogP contribution in [0.2, 0.25) is 0 Å². The Hall–Kier alpha value is -0.580. The van der Waals surface area contributed by atoms with Gasteiger partial charge in [0.25, 0.3) is 0 Å². The van der Waals surface area contributed by atoms with Crippen molar-refractivity contribution >= 4 is 0 Å². The molecule has 0 aromatic rings. The topological polar surface area (TPSA) is 118 Å². The summed E-state index contributed by atoms with van der Waals surface area (Å²) in [7, 11) is 0. The average Bonchev–Trinajstić information content (AvgIpc) is 3.40. The molecule has 16 atom stereocenters. The summed E-state index contributed by atoms with van der Waals surface area (Å²) in [5.41, 5.74) is 1.77. The maximum Gasteiger partial charge on any atom is 0.186 e. The lowest BCUT2D eigenvalue weighted by atomic mass is 9.44. The normalized spacial score (nSPS) is 58.5. The van der Waals surface area contributed by atoms with Crippen LogP contribution in [0.1, 0.15) is 85.0 Å². The molecule has 0 aromatic heterocycles. The van der Waals surface area contributed by atoms with Crippen molar-refractivity contribution < 1.29 is 39.4 Å². The minimum absolute atomic E-state index is 0.0669. The molecule has 232 valence electrons. The maximum absolute atomic E-state index is 10.5. The lowest BCUT2D eigenvalue weighted by Gasteiger charge is -2.61. The standard InChI is InChI=1S/C33H52O8/c1-17-7-12-33(38-16-17)18(2)26-24(41-33)14-23-21-6-5-19-13-20(8-10-31(19,3)22(21)9-11-32(23,26)4)39-30-29(37)28(36)27(35)25(15-34)40-30/h18-30,34-37H,1,5-16H2,2-4H3/t18-,19-,20-,21+,22-,23-,24-,25+,26-,27+,28-,29+,30+,31-,32-,33?/m0/s1. The quantitative estimate of drug-likeness (QED) is 0.298. The van der Waals surface area contributed by atoms with Crippen molar-refractivity contribution in [2.75, 3.05) is 13.2 Å². The van der Waals surface area contributed by atoms with Gasteiger partial charge < -0.3 is 39.4 Å². The Labute approximate surface area is 244 Å². The predicted octanol–water partition coefficient (Wildman–Crippen LogP) is 3.54. The van der Waals surface area contributed by atoms with Crippen molar-refractivity contribution in [3.8, 4) is 0 Å². The molecule has 4 N–H and O–H groups in total. The summed E-state index contributed by atoms with van der Waals surface area (Å²) < 4.78 is 25.2. The molecule has 4 saturated carbocycles. The molecule has 1 spiro atoms. The van der Waals surface area contributed by atoms with Crippen molar-refractivity contribution in [3.05, 3.63) is 12.2 Å². The molecule has 0 amide bonds. The molecule has 7 aliphatic rings. The molecule has 3 heterocycles. The fraction of sp³-hybridized carbons (Fsp3) is 0.939. The van der Waals surface area contributed by atoms with E-state index in [1.165, 1.54) is 37.7 Å². The third kappa shape index (κ3) is 4.29. The van der Waals surface area contributed by atoms with Crippen LogP contribution in [0.5, 0.6) is 0 Å². The molecule has 7 fully saturated rings. The lowest BCUT2D eigenvalue weighted by molar-refractivity contribution is -0.316. The van der Waals surface area contributed by atoms with E-state index in [0.29, 0.717) is 47.7 Å². The second kappa shape index (κ2) is 10.2. The van der Waals surface area contributed by atoms with Crippen LogP contribution >= 0.6 is 0 Å². The van der Waals surface area contributed by atoms with Gasteiger partial charge in [0.2, 0.25) is 0 Å². The summed E-state index contributed by atoms with van der Waals surface area (Å²) in [6.07, 6.45) is 5.19. The van der Waals surface area contributed by atoms with Crippen LogP contribution in [-0.4, -0.2) is 82.3 Å². The fourth-order valence-electron chi connectivity index (χ4n) is 11.6. The van der Waals surface area contributed by atoms with Crippen molar-refractivity contribution in [2.24, 2.45) is 46.3 Å². The first-order valence-electron chi connectivity index (χ1n) is 16.4. The molecule has 41 heavy (non-hydrogen) atoms. The lowest BCUT2D eigenvalue weighted by Crippen LogP contribution is -2.60. The van der Waals surface area contributed by atoms with Crippen LogP contribution in [0, 0.1) is 46.3 Å². The number of ether oxygens (including phenoxy) is 4. The monoisotopic (exact) mass is 576 g/mol. The molecule has 0 aromatic carbocycles. The van der Waals surface area contributed by atoms with Gasteiger partial charge in [-0.2, -0.15) is 0 Å². The van der Waals surface area contributed by atoms with E-state index in [9.17, 15) is 20.4 Å². The molecule has 4 aliphatic carbocycles. The van der Waals surface area contributed by atoms with Gasteiger partial charge in [-0.15, -0.1) is 0 Å². The number of fused-ring (bicyclic) bond motifs is 7. The van der Waals surface area contributed by atoms with E-state index in [1.54, 1.807) is 0 Å². The van der Waals surface area contributed by atoms with Crippen molar-refractivity contribution in [1.29, 1.82) is 0 Å². The molecule has 8 nitrogen and oxygen atoms in total. The highest BCUT2D eigenvalue weighted by Gasteiger charge is 2.69. The molecule has 3 saturated heterocycles. The zero-order valence-corrected chi connectivity index (χ0v) is 25.1. The first-order valence-corrected chi connectivity index (χ1v) is 16.4. The first-order chi connectivity index (χ1) is 19.5. The molecule has 0 radical (unpaired) electrons. The smallest absolute Gasteiger partial charge is 0.186 e. The predicted molar refractivity (Wildman–Crippen MR) is 150 cm³/mol. The van der Waals surface area contributed by atoms with Crippen molar-refractivity contribution in [1.82, 2.24) is 0 Å². The van der Waals surface area contributed by atoms with Gasteiger partial charge in [-0.3, -0.25) is 0 Å². The van der Waals surface area contributed by atoms with Gasteiger partial charge in [-0.1, -0.05) is 32.9 Å². The second-order valence-corrected chi connectivity index (χ2v) is 15.5. The van der Waals surface area contributed by atoms with E-state index < -0.39 is 43.1 Å². The number of aliphatic hydroxyl groups excluding tert-OH is 4. The van der Waals surface area contributed by atoms with Crippen LogP contribution in [0.4, 0.5) is 0 Å². The van der Waals surface area contributed by atoms with Gasteiger partial charge in [0.1, 0.15) is 24.4 Å². The summed E-state index contributed by atoms with van der Waals surface area (Å²) in [5, 5.41) is 40.4. The van der Waals surface area contributed by atoms with E-state index in [0.717, 1.165) is 38.0 Å². The Morgan fingerprint density at radius 1 is 0.927 bits per heavy atom. The third-order valence-electron chi connectivity index (χ3n) is 13.8. The molecule has 3 aliphatic heterocycles. The Bertz CT molecular complexity index is 1010. The number of aliphatic hydroxyl groups is 4. The zero-order chi connectivity index (χ0) is 28.9. The SMILES string of the molecule is C=C1CCC2(OC1)O[C@H]1C[C@H]3[C@@H]4CC[C@H]5C[C@@H](O[C@@H]6O[C@H](CO)[C@@H](O)[C@H](O)[C@H]6O)CC[C@]5(C)[C@H]4CC[C@]3(C)[C@H]1[C@@H]2C. The number of rotatable bonds is 3. The van der Waals surface area contributed by atoms with Gasteiger partial charge >= 0.3 is 0 Å². The number of hydrogen-bond donors (Lipinski definition) is 4. The van der Waals surface area contributed by atoms with Gasteiger partial charge in [0.15, 0.2) is 12.1 Å². The Morgan fingerprint density at radius 2 is 1.71 bits per heavy atom. The summed E-state index contributed by atoms with van der Waals surface area (Å²) in [4.78, 5) is 0. The average molecular weight is 577 g/mol. The second-order valence-electron chi connectivity index (χ2n) is 15.5. The van der Waals surface area contributed by atoms with E-state index in [-0.39, 0.29) is 11.5 Å². The highest BCUT2D eigenvalue weighted by atomic mass is 16.7. The summed E-state index contributed by atoms with van der Waals surface area (Å²) >= 11 is 0. The van der Waals surface area contributed by atoms with Gasteiger partial charge in [0.05, 0.1) is 25.4 Å². The summed E-state index contributed by atoms with van der Waals surface area (Å²) in [6.45, 7) is 11.9. The van der Waals surface area contributed by atoms with Gasteiger partial charge in [0, 0.05) is 12.3 Å². The fourth-order valence-corrected chi connectivity index (χ4v) is 11.6. The van der Waals surface area contributed by atoms with E-state index >= 15 is 0 Å². The van der Waals surface area contributed by atoms with Gasteiger partial charge in [-0.25, -0.2) is 0 Å².